The van der Waals surface area contributed by atoms with Crippen LogP contribution < -0.4 is 5.32 Å². The molecule has 4 heteroatoms. The minimum Gasteiger partial charge on any atom is -0.355 e. The Hall–Kier alpha value is -1.68. The number of Topliss-reactive ketones (excluding diaryl/α,β-unsaturated/α-hetero) is 1. The first kappa shape index (κ1) is 17.4. The molecular weight excluding hydrogens is 264 g/mol. The van der Waals surface area contributed by atoms with Crippen LogP contribution in [0, 0.1) is 5.41 Å². The number of rotatable bonds is 6. The van der Waals surface area contributed by atoms with Crippen molar-refractivity contribution in [2.45, 2.75) is 27.2 Å². The summed E-state index contributed by atoms with van der Waals surface area (Å²) in [5.74, 6) is 0.0187. The van der Waals surface area contributed by atoms with Crippen molar-refractivity contribution in [3.63, 3.8) is 0 Å². The molecule has 1 aromatic rings. The lowest BCUT2D eigenvalue weighted by Crippen LogP contribution is -2.32. The van der Waals surface area contributed by atoms with Gasteiger partial charge in [0.2, 0.25) is 5.91 Å². The molecule has 0 atom stereocenters. The summed E-state index contributed by atoms with van der Waals surface area (Å²) in [6.45, 7) is 7.09. The minimum atomic E-state index is -0.447. The molecule has 0 bridgehead atoms. The van der Waals surface area contributed by atoms with Crippen molar-refractivity contribution in [2.24, 2.45) is 5.41 Å². The Morgan fingerprint density at radius 2 is 1.76 bits per heavy atom. The van der Waals surface area contributed by atoms with Crippen molar-refractivity contribution in [3.8, 4) is 0 Å². The molecule has 0 spiro atoms. The number of likely N-dealkylation sites (N-methyl/N-ethyl adjacent to an activating group) is 1. The van der Waals surface area contributed by atoms with Crippen molar-refractivity contribution < 1.29 is 9.59 Å². The SMILES string of the molecule is CN(C)CCNC(=O)Cc1ccccc1C(=O)C(C)(C)C. The Balaban J connectivity index is 2.76. The lowest BCUT2D eigenvalue weighted by Gasteiger charge is -2.19. The van der Waals surface area contributed by atoms with Crippen LogP contribution in [0.1, 0.15) is 36.7 Å². The normalized spacial score (nSPS) is 11.5. The van der Waals surface area contributed by atoms with E-state index in [9.17, 15) is 9.59 Å². The number of nitrogens with zero attached hydrogens (tertiary/aromatic N) is 1. The smallest absolute Gasteiger partial charge is 0.224 e. The number of hydrogen-bond donors (Lipinski definition) is 1. The van der Waals surface area contributed by atoms with Gasteiger partial charge in [-0.25, -0.2) is 0 Å². The third kappa shape index (κ3) is 5.68. The molecule has 0 aromatic heterocycles. The second-order valence-electron chi connectivity index (χ2n) is 6.57. The number of nitrogens with one attached hydrogen (secondary N) is 1. The molecule has 0 heterocycles. The quantitative estimate of drug-likeness (QED) is 0.817. The summed E-state index contributed by atoms with van der Waals surface area (Å²) >= 11 is 0. The van der Waals surface area contributed by atoms with Gasteiger partial charge in [-0.05, 0) is 19.7 Å². The van der Waals surface area contributed by atoms with E-state index in [4.69, 9.17) is 0 Å². The summed E-state index contributed by atoms with van der Waals surface area (Å²) in [5, 5.41) is 2.88. The second-order valence-corrected chi connectivity index (χ2v) is 6.57. The second kappa shape index (κ2) is 7.36. The summed E-state index contributed by atoms with van der Waals surface area (Å²) in [4.78, 5) is 26.4. The third-order valence-corrected chi connectivity index (χ3v) is 3.18. The van der Waals surface area contributed by atoms with Crippen LogP contribution in [0.4, 0.5) is 0 Å². The van der Waals surface area contributed by atoms with E-state index in [2.05, 4.69) is 5.32 Å². The summed E-state index contributed by atoms with van der Waals surface area (Å²) < 4.78 is 0. The molecule has 4 nitrogen and oxygen atoms in total. The topological polar surface area (TPSA) is 49.4 Å². The largest absolute Gasteiger partial charge is 0.355 e. The number of carbonyl (C=O) groups excluding carboxylic acids is 2. The molecule has 0 aliphatic rings. The Morgan fingerprint density at radius 1 is 1.14 bits per heavy atom. The predicted octanol–water partition coefficient (Wildman–Crippen LogP) is 2.14. The molecule has 1 aromatic carbocycles. The number of ketones is 1. The number of carbonyl (C=O) groups is 2. The molecule has 0 saturated carbocycles. The lowest BCUT2D eigenvalue weighted by atomic mass is 9.84. The standard InChI is InChI=1S/C17H26N2O2/c1-17(2,3)16(21)14-9-7-6-8-13(14)12-15(20)18-10-11-19(4)5/h6-9H,10-12H2,1-5H3,(H,18,20). The predicted molar refractivity (Wildman–Crippen MR) is 85.5 cm³/mol. The monoisotopic (exact) mass is 290 g/mol. The zero-order chi connectivity index (χ0) is 16.0. The molecule has 1 amide bonds. The van der Waals surface area contributed by atoms with Crippen LogP contribution in [-0.4, -0.2) is 43.8 Å². The van der Waals surface area contributed by atoms with Crippen molar-refractivity contribution in [1.29, 1.82) is 0 Å². The summed E-state index contributed by atoms with van der Waals surface area (Å²) in [5.41, 5.74) is 0.991. The van der Waals surface area contributed by atoms with Crippen LogP contribution in [0.15, 0.2) is 24.3 Å². The molecule has 116 valence electrons. The fourth-order valence-corrected chi connectivity index (χ4v) is 1.95. The molecule has 1 rings (SSSR count). The Morgan fingerprint density at radius 3 is 2.33 bits per heavy atom. The average Bonchev–Trinajstić information content (AvgIpc) is 2.37. The van der Waals surface area contributed by atoms with Gasteiger partial charge < -0.3 is 10.2 Å². The van der Waals surface area contributed by atoms with Gasteiger partial charge >= 0.3 is 0 Å². The van der Waals surface area contributed by atoms with E-state index in [1.54, 1.807) is 6.07 Å². The Labute approximate surface area is 127 Å². The van der Waals surface area contributed by atoms with Gasteiger partial charge in [0.05, 0.1) is 6.42 Å². The zero-order valence-corrected chi connectivity index (χ0v) is 13.7. The third-order valence-electron chi connectivity index (χ3n) is 3.18. The molecule has 0 aliphatic heterocycles. The molecule has 0 aliphatic carbocycles. The van der Waals surface area contributed by atoms with Crippen LogP contribution in [-0.2, 0) is 11.2 Å². The van der Waals surface area contributed by atoms with Crippen LogP contribution in [0.3, 0.4) is 0 Å². The van der Waals surface area contributed by atoms with E-state index in [1.165, 1.54) is 0 Å². The van der Waals surface area contributed by atoms with E-state index >= 15 is 0 Å². The fraction of sp³-hybridized carbons (Fsp3) is 0.529. The van der Waals surface area contributed by atoms with E-state index < -0.39 is 5.41 Å². The highest BCUT2D eigenvalue weighted by Gasteiger charge is 2.25. The van der Waals surface area contributed by atoms with Gasteiger partial charge in [-0.2, -0.15) is 0 Å². The van der Waals surface area contributed by atoms with Gasteiger partial charge in [0.1, 0.15) is 0 Å². The van der Waals surface area contributed by atoms with Crippen LogP contribution in [0.25, 0.3) is 0 Å². The first-order valence-corrected chi connectivity index (χ1v) is 7.26. The maximum absolute atomic E-state index is 12.4. The van der Waals surface area contributed by atoms with Crippen LogP contribution in [0.2, 0.25) is 0 Å². The maximum atomic E-state index is 12.4. The van der Waals surface area contributed by atoms with Crippen molar-refractivity contribution in [3.05, 3.63) is 35.4 Å². The molecule has 0 radical (unpaired) electrons. The van der Waals surface area contributed by atoms with E-state index in [1.807, 2.05) is 58.0 Å². The fourth-order valence-electron chi connectivity index (χ4n) is 1.95. The Bertz CT molecular complexity index is 502. The van der Waals surface area contributed by atoms with Gasteiger partial charge in [-0.15, -0.1) is 0 Å². The molecule has 0 fully saturated rings. The van der Waals surface area contributed by atoms with Gasteiger partial charge in [0, 0.05) is 24.1 Å². The van der Waals surface area contributed by atoms with E-state index in [-0.39, 0.29) is 18.1 Å². The summed E-state index contributed by atoms with van der Waals surface area (Å²) in [7, 11) is 3.92. The summed E-state index contributed by atoms with van der Waals surface area (Å²) in [6, 6.07) is 7.36. The highest BCUT2D eigenvalue weighted by Crippen LogP contribution is 2.23. The van der Waals surface area contributed by atoms with Crippen LogP contribution >= 0.6 is 0 Å². The van der Waals surface area contributed by atoms with Gasteiger partial charge in [0.25, 0.3) is 0 Å². The van der Waals surface area contributed by atoms with Crippen molar-refractivity contribution >= 4 is 11.7 Å². The Kier molecular flexibility index (Phi) is 6.09. The van der Waals surface area contributed by atoms with Gasteiger partial charge in [-0.3, -0.25) is 9.59 Å². The highest BCUT2D eigenvalue weighted by molar-refractivity contribution is 6.01. The number of benzene rings is 1. The lowest BCUT2D eigenvalue weighted by molar-refractivity contribution is -0.120. The van der Waals surface area contributed by atoms with E-state index in [0.29, 0.717) is 12.1 Å². The molecule has 0 unspecified atom stereocenters. The average molecular weight is 290 g/mol. The number of hydrogen-bond acceptors (Lipinski definition) is 3. The molecule has 1 N–H and O–H groups in total. The van der Waals surface area contributed by atoms with Gasteiger partial charge in [-0.1, -0.05) is 45.0 Å². The number of amides is 1. The van der Waals surface area contributed by atoms with Crippen molar-refractivity contribution in [2.75, 3.05) is 27.2 Å². The molecule has 21 heavy (non-hydrogen) atoms. The van der Waals surface area contributed by atoms with Crippen molar-refractivity contribution in [1.82, 2.24) is 10.2 Å². The zero-order valence-electron chi connectivity index (χ0n) is 13.7. The highest BCUT2D eigenvalue weighted by atomic mass is 16.1. The molecule has 0 saturated heterocycles. The minimum absolute atomic E-state index is 0.0500. The first-order valence-electron chi connectivity index (χ1n) is 7.26. The van der Waals surface area contributed by atoms with Gasteiger partial charge in [0.15, 0.2) is 5.78 Å². The molecular formula is C17H26N2O2. The maximum Gasteiger partial charge on any atom is 0.224 e. The summed E-state index contributed by atoms with van der Waals surface area (Å²) in [6.07, 6.45) is 0.241. The first-order chi connectivity index (χ1) is 9.71. The van der Waals surface area contributed by atoms with E-state index in [0.717, 1.165) is 12.1 Å². The van der Waals surface area contributed by atoms with Crippen LogP contribution in [0.5, 0.6) is 0 Å².